The second kappa shape index (κ2) is 6.66. The number of anilines is 1. The number of imide groups is 1. The Bertz CT molecular complexity index is 953. The Morgan fingerprint density at radius 1 is 1.04 bits per heavy atom. The van der Waals surface area contributed by atoms with E-state index in [0.29, 0.717) is 28.6 Å². The molecule has 2 amide bonds. The highest BCUT2D eigenvalue weighted by molar-refractivity contribution is 6.33. The van der Waals surface area contributed by atoms with Gasteiger partial charge >= 0.3 is 0 Å². The molecule has 8 nitrogen and oxygen atoms in total. The molecule has 5 rings (SSSR count). The number of nitrogens with one attached hydrogen (secondary N) is 1. The Labute approximate surface area is 169 Å². The summed E-state index contributed by atoms with van der Waals surface area (Å²) >= 11 is 11.9. The Kier molecular flexibility index (Phi) is 4.24. The van der Waals surface area contributed by atoms with E-state index in [2.05, 4.69) is 15.3 Å². The molecule has 10 heteroatoms. The zero-order valence-electron chi connectivity index (χ0n) is 14.3. The molecular formula is C18H14Cl2N4O4. The number of nitrogens with zero attached hydrogens (tertiary/aromatic N) is 3. The van der Waals surface area contributed by atoms with Crippen LogP contribution in [0.5, 0.6) is 0 Å². The number of hydrogen-bond acceptors (Lipinski definition) is 7. The third kappa shape index (κ3) is 2.68. The van der Waals surface area contributed by atoms with Crippen LogP contribution in [0.2, 0.25) is 10.3 Å². The van der Waals surface area contributed by atoms with Gasteiger partial charge in [0.05, 0.1) is 42.6 Å². The molecule has 4 heterocycles. The number of carbonyl (C=O) groups excluding carboxylic acids is 2. The minimum atomic E-state index is -0.492. The van der Waals surface area contributed by atoms with Crippen LogP contribution in [0.15, 0.2) is 30.5 Å². The molecular weight excluding hydrogens is 407 g/mol. The van der Waals surface area contributed by atoms with Crippen molar-refractivity contribution in [3.8, 4) is 0 Å². The summed E-state index contributed by atoms with van der Waals surface area (Å²) in [6, 6.07) is 6.05. The molecule has 144 valence electrons. The number of fused-ring (bicyclic) bond motifs is 2. The van der Waals surface area contributed by atoms with Gasteiger partial charge in [-0.25, -0.2) is 4.98 Å². The van der Waals surface area contributed by atoms with Crippen LogP contribution in [0.4, 0.5) is 5.82 Å². The number of rotatable bonds is 3. The van der Waals surface area contributed by atoms with E-state index in [4.69, 9.17) is 32.7 Å². The fourth-order valence-corrected chi connectivity index (χ4v) is 4.23. The van der Waals surface area contributed by atoms with Gasteiger partial charge in [0.1, 0.15) is 23.0 Å². The average molecular weight is 421 g/mol. The maximum Gasteiger partial charge on any atom is 0.261 e. The van der Waals surface area contributed by atoms with Gasteiger partial charge in [0.15, 0.2) is 0 Å². The monoisotopic (exact) mass is 420 g/mol. The molecule has 3 aliphatic rings. The van der Waals surface area contributed by atoms with Crippen molar-refractivity contribution in [2.75, 3.05) is 18.5 Å². The molecule has 4 unspecified atom stereocenters. The molecule has 0 saturated carbocycles. The molecule has 3 aliphatic heterocycles. The van der Waals surface area contributed by atoms with E-state index in [1.807, 2.05) is 0 Å². The fraction of sp³-hybridized carbons (Fsp3) is 0.333. The second-order valence-corrected chi connectivity index (χ2v) is 7.52. The predicted molar refractivity (Wildman–Crippen MR) is 99.7 cm³/mol. The van der Waals surface area contributed by atoms with Crippen molar-refractivity contribution in [3.05, 3.63) is 51.9 Å². The SMILES string of the molecule is O=C1c2ccccc2C(=O)N1C1COC2C(Nc3nc(Cl)ncc3Cl)COC21. The van der Waals surface area contributed by atoms with E-state index in [-0.39, 0.29) is 35.9 Å². The lowest BCUT2D eigenvalue weighted by Crippen LogP contribution is -2.47. The van der Waals surface area contributed by atoms with Gasteiger partial charge in [-0.3, -0.25) is 14.5 Å². The average Bonchev–Trinajstić information content (AvgIpc) is 3.34. The Balaban J connectivity index is 1.36. The van der Waals surface area contributed by atoms with Crippen molar-refractivity contribution < 1.29 is 19.1 Å². The highest BCUT2D eigenvalue weighted by atomic mass is 35.5. The first-order valence-electron chi connectivity index (χ1n) is 8.69. The smallest absolute Gasteiger partial charge is 0.261 e. The first kappa shape index (κ1) is 17.8. The van der Waals surface area contributed by atoms with Crippen molar-refractivity contribution >= 4 is 40.8 Å². The zero-order chi connectivity index (χ0) is 19.4. The van der Waals surface area contributed by atoms with Crippen LogP contribution in [-0.2, 0) is 9.47 Å². The van der Waals surface area contributed by atoms with Crippen molar-refractivity contribution in [2.24, 2.45) is 0 Å². The maximum atomic E-state index is 12.8. The van der Waals surface area contributed by atoms with E-state index >= 15 is 0 Å². The third-order valence-corrected chi connectivity index (χ3v) is 5.68. The molecule has 0 radical (unpaired) electrons. The van der Waals surface area contributed by atoms with Crippen molar-refractivity contribution in [3.63, 3.8) is 0 Å². The molecule has 28 heavy (non-hydrogen) atoms. The van der Waals surface area contributed by atoms with Crippen LogP contribution in [-0.4, -0.2) is 64.2 Å². The third-order valence-electron chi connectivity index (χ3n) is 5.22. The maximum absolute atomic E-state index is 12.8. The number of hydrogen-bond donors (Lipinski definition) is 1. The normalized spacial score (nSPS) is 28.6. The largest absolute Gasteiger partial charge is 0.371 e. The van der Waals surface area contributed by atoms with E-state index in [0.717, 1.165) is 0 Å². The Morgan fingerprint density at radius 3 is 2.43 bits per heavy atom. The van der Waals surface area contributed by atoms with E-state index in [1.54, 1.807) is 24.3 Å². The first-order chi connectivity index (χ1) is 13.5. The van der Waals surface area contributed by atoms with Crippen LogP contribution < -0.4 is 5.32 Å². The standard InChI is InChI=1S/C18H14Cl2N4O4/c19-10-5-21-18(20)23-15(10)22-11-6-27-14-12(7-28-13(11)14)24-16(25)8-3-1-2-4-9(8)17(24)26/h1-5,11-14H,6-7H2,(H,21,22,23). The van der Waals surface area contributed by atoms with Crippen LogP contribution in [0.25, 0.3) is 0 Å². The van der Waals surface area contributed by atoms with Crippen LogP contribution >= 0.6 is 23.2 Å². The molecule has 0 spiro atoms. The molecule has 0 bridgehead atoms. The van der Waals surface area contributed by atoms with Crippen molar-refractivity contribution in [2.45, 2.75) is 24.3 Å². The van der Waals surface area contributed by atoms with Gasteiger partial charge in [-0.05, 0) is 23.7 Å². The van der Waals surface area contributed by atoms with E-state index in [9.17, 15) is 9.59 Å². The summed E-state index contributed by atoms with van der Waals surface area (Å²) in [6.07, 6.45) is 0.610. The molecule has 2 saturated heterocycles. The Morgan fingerprint density at radius 2 is 1.71 bits per heavy atom. The molecule has 1 aromatic carbocycles. The molecule has 2 aromatic rings. The number of halogens is 2. The number of benzene rings is 1. The quantitative estimate of drug-likeness (QED) is 0.599. The number of amides is 2. The zero-order valence-corrected chi connectivity index (χ0v) is 15.9. The summed E-state index contributed by atoms with van der Waals surface area (Å²) < 4.78 is 11.8. The molecule has 1 N–H and O–H groups in total. The molecule has 1 aromatic heterocycles. The topological polar surface area (TPSA) is 93.7 Å². The van der Waals surface area contributed by atoms with Gasteiger partial charge in [-0.2, -0.15) is 4.98 Å². The summed E-state index contributed by atoms with van der Waals surface area (Å²) in [7, 11) is 0. The van der Waals surface area contributed by atoms with Crippen LogP contribution in [0.3, 0.4) is 0 Å². The van der Waals surface area contributed by atoms with Crippen LogP contribution in [0, 0.1) is 0 Å². The number of ether oxygens (including phenoxy) is 2. The minimum Gasteiger partial charge on any atom is -0.371 e. The lowest BCUT2D eigenvalue weighted by Gasteiger charge is -2.25. The minimum absolute atomic E-state index is 0.0682. The lowest BCUT2D eigenvalue weighted by molar-refractivity contribution is 0.0316. The van der Waals surface area contributed by atoms with E-state index in [1.165, 1.54) is 11.1 Å². The first-order valence-corrected chi connectivity index (χ1v) is 9.45. The Hall–Kier alpha value is -2.26. The second-order valence-electron chi connectivity index (χ2n) is 6.78. The van der Waals surface area contributed by atoms with Gasteiger partial charge in [0, 0.05) is 0 Å². The van der Waals surface area contributed by atoms with Gasteiger partial charge in [-0.15, -0.1) is 0 Å². The highest BCUT2D eigenvalue weighted by Crippen LogP contribution is 2.36. The molecule has 0 aliphatic carbocycles. The fourth-order valence-electron chi connectivity index (χ4n) is 3.96. The summed E-state index contributed by atoms with van der Waals surface area (Å²) in [6.45, 7) is 0.518. The molecule has 2 fully saturated rings. The van der Waals surface area contributed by atoms with Crippen LogP contribution in [0.1, 0.15) is 20.7 Å². The van der Waals surface area contributed by atoms with Gasteiger partial charge in [0.25, 0.3) is 11.8 Å². The predicted octanol–water partition coefficient (Wildman–Crippen LogP) is 2.03. The van der Waals surface area contributed by atoms with Gasteiger partial charge < -0.3 is 14.8 Å². The highest BCUT2D eigenvalue weighted by Gasteiger charge is 2.54. The summed E-state index contributed by atoms with van der Waals surface area (Å²) in [5, 5.41) is 3.56. The van der Waals surface area contributed by atoms with Crippen molar-refractivity contribution in [1.82, 2.24) is 14.9 Å². The lowest BCUT2D eigenvalue weighted by atomic mass is 10.0. The number of aromatic nitrogens is 2. The van der Waals surface area contributed by atoms with Crippen molar-refractivity contribution in [1.29, 1.82) is 0 Å². The molecule has 4 atom stereocenters. The summed E-state index contributed by atoms with van der Waals surface area (Å²) in [5.74, 6) is -0.260. The van der Waals surface area contributed by atoms with Gasteiger partial charge in [0.2, 0.25) is 5.28 Å². The number of carbonyl (C=O) groups is 2. The van der Waals surface area contributed by atoms with E-state index < -0.39 is 12.1 Å². The summed E-state index contributed by atoms with van der Waals surface area (Å²) in [5.41, 5.74) is 0.817. The van der Waals surface area contributed by atoms with Gasteiger partial charge in [-0.1, -0.05) is 23.7 Å². The summed E-state index contributed by atoms with van der Waals surface area (Å²) in [4.78, 5) is 34.7.